The van der Waals surface area contributed by atoms with E-state index in [1.807, 2.05) is 5.16 Å². The fourth-order valence-electron chi connectivity index (χ4n) is 4.40. The van der Waals surface area contributed by atoms with Crippen molar-refractivity contribution < 1.29 is 90.5 Å². The molecule has 0 spiro atoms. The van der Waals surface area contributed by atoms with Crippen LogP contribution in [-0.4, -0.2) is 122 Å². The number of rotatable bonds is 12. The number of isothiocyanates is 1. The summed E-state index contributed by atoms with van der Waals surface area (Å²) in [5.41, 5.74) is 0. The first-order valence-corrected chi connectivity index (χ1v) is 13.1. The second kappa shape index (κ2) is 17.6. The Morgan fingerprint density at radius 1 is 0.587 bits per heavy atom. The van der Waals surface area contributed by atoms with Gasteiger partial charge >= 0.3 is 41.8 Å². The largest absolute Gasteiger partial charge is 0.463 e. The number of nitrogens with zero attached hydrogens (tertiary/aromatic N) is 1. The van der Waals surface area contributed by atoms with Gasteiger partial charge in [-0.25, -0.2) is 0 Å². The molecule has 0 amide bonds. The number of ether oxygens (including phenoxy) is 10. The summed E-state index contributed by atoms with van der Waals surface area (Å²) in [6.45, 7) is -8.58. The third kappa shape index (κ3) is 11.4. The number of thiocarbonyl (C=S) groups is 1. The minimum Gasteiger partial charge on any atom is -0.463 e. The molecule has 2 rings (SSSR count). The number of hydrogen-bond acceptors (Lipinski definition) is 19. The molecule has 256 valence electrons. The first-order valence-electron chi connectivity index (χ1n) is 17.6. The first-order chi connectivity index (χ1) is 25.3. The summed E-state index contributed by atoms with van der Waals surface area (Å²) in [7, 11) is 0. The van der Waals surface area contributed by atoms with Crippen LogP contribution in [0.4, 0.5) is 0 Å². The van der Waals surface area contributed by atoms with Crippen molar-refractivity contribution in [2.45, 2.75) is 110 Å². The second-order valence-electron chi connectivity index (χ2n) is 9.07. The quantitative estimate of drug-likeness (QED) is 0.111. The Kier molecular flexibility index (Phi) is 10.8. The Morgan fingerprint density at radius 3 is 1.48 bits per heavy atom. The number of aliphatic imine (C=N–C) groups is 1. The number of carbonyl (C=O) groups excluding carboxylic acids is 7. The summed E-state index contributed by atoms with van der Waals surface area (Å²) < 4.78 is 106. The van der Waals surface area contributed by atoms with Gasteiger partial charge in [0.15, 0.2) is 43.0 Å². The van der Waals surface area contributed by atoms with Crippen molar-refractivity contribution in [3.63, 3.8) is 0 Å². The zero-order valence-corrected chi connectivity index (χ0v) is 24.7. The Labute approximate surface area is 278 Å². The molecule has 0 saturated carbocycles. The molecule has 18 nitrogen and oxygen atoms in total. The molecule has 2 heterocycles. The van der Waals surface area contributed by atoms with E-state index in [4.69, 9.17) is 57.0 Å². The van der Waals surface area contributed by atoms with E-state index >= 15 is 0 Å². The molecule has 0 aliphatic carbocycles. The third-order valence-corrected chi connectivity index (χ3v) is 5.93. The summed E-state index contributed by atoms with van der Waals surface area (Å²) in [6.07, 6.45) is -18.9. The molecule has 0 bridgehead atoms. The third-order valence-electron chi connectivity index (χ3n) is 5.83. The van der Waals surface area contributed by atoms with Crippen molar-refractivity contribution in [2.24, 2.45) is 4.99 Å². The molecule has 2 saturated heterocycles. The average molecular weight is 685 g/mol. The van der Waals surface area contributed by atoms with Crippen LogP contribution >= 0.6 is 12.2 Å². The van der Waals surface area contributed by atoms with Gasteiger partial charge in [0.05, 0.1) is 5.16 Å². The SMILES string of the molecule is [2H]CC(=O)OC[C@H]1O[C@@H](O[C@H]2[C@H](OC(=O)C[2H])[C@@H](OC(=O)C[2H])C(N=C=S)O[C@@H]2COC(=O)C[2H])[C@H](OC(=O)C[2H])[C@@H](OC(=O)C[2H])[C@H]1OC(=O)C[2H]. The fraction of sp³-hybridized carbons (Fsp3) is 0.704. The van der Waals surface area contributed by atoms with E-state index in [1.165, 1.54) is 0 Å². The molecule has 0 N–H and O–H groups in total. The molecule has 2 aliphatic heterocycles. The van der Waals surface area contributed by atoms with E-state index in [2.05, 4.69) is 17.2 Å². The van der Waals surface area contributed by atoms with Gasteiger partial charge in [-0.05, 0) is 12.2 Å². The number of hydrogen-bond donors (Lipinski definition) is 0. The highest BCUT2D eigenvalue weighted by molar-refractivity contribution is 7.78. The van der Waals surface area contributed by atoms with Gasteiger partial charge in [-0.15, -0.1) is 0 Å². The Hall–Kier alpha value is -4.03. The monoisotopic (exact) mass is 684 g/mol. The van der Waals surface area contributed by atoms with Crippen LogP contribution in [0.2, 0.25) is 0 Å². The molecule has 0 aromatic heterocycles. The van der Waals surface area contributed by atoms with Crippen LogP contribution in [0.3, 0.4) is 0 Å². The van der Waals surface area contributed by atoms with Crippen LogP contribution in [0.25, 0.3) is 0 Å². The molecule has 1 unspecified atom stereocenters. The van der Waals surface area contributed by atoms with Crippen molar-refractivity contribution >= 4 is 59.2 Å². The van der Waals surface area contributed by atoms with E-state index in [0.717, 1.165) is 0 Å². The summed E-state index contributed by atoms with van der Waals surface area (Å²) in [5.74, 6) is -8.59. The lowest BCUT2D eigenvalue weighted by Crippen LogP contribution is -2.67. The van der Waals surface area contributed by atoms with Crippen molar-refractivity contribution in [2.75, 3.05) is 13.2 Å². The summed E-state index contributed by atoms with van der Waals surface area (Å²) >= 11 is 4.65. The summed E-state index contributed by atoms with van der Waals surface area (Å²) in [4.78, 5) is 90.0. The van der Waals surface area contributed by atoms with E-state index in [0.29, 0.717) is 0 Å². The van der Waals surface area contributed by atoms with Gasteiger partial charge in [-0.2, -0.15) is 4.99 Å². The van der Waals surface area contributed by atoms with E-state index < -0.39 is 165 Å². The molecule has 46 heavy (non-hydrogen) atoms. The predicted octanol–water partition coefficient (Wildman–Crippen LogP) is -0.291. The zero-order chi connectivity index (χ0) is 39.7. The molecule has 0 aromatic rings. The van der Waals surface area contributed by atoms with Crippen molar-refractivity contribution in [3.8, 4) is 0 Å². The molecule has 2 fully saturated rings. The van der Waals surface area contributed by atoms with Crippen molar-refractivity contribution in [3.05, 3.63) is 0 Å². The second-order valence-corrected chi connectivity index (χ2v) is 9.25. The summed E-state index contributed by atoms with van der Waals surface area (Å²) in [6, 6.07) is 0. The standard InChI is InChI=1S/C27H35NO17S/c1-11(29)36-8-18-21(22(39-14(4)32)24(41-16(6)34)26(43-18)28-10-46)45-27-25(42-17(7)35)23(40-15(5)33)20(38-13(3)31)19(44-27)9-37-12(2)30/h18-27H,8-9H2,1-7H3/t18-,19-,20+,21-,22+,23+,24-,25-,26?,27+/m1/s1/i1D,2D,3D,4D,5D,6D,7D. The smallest absolute Gasteiger partial charge is 0.303 e. The minimum atomic E-state index is -2.14. The summed E-state index contributed by atoms with van der Waals surface area (Å²) in [5, 5.41) is 1.98. The van der Waals surface area contributed by atoms with Crippen LogP contribution in [0.1, 0.15) is 57.9 Å². The van der Waals surface area contributed by atoms with E-state index in [-0.39, 0.29) is 0 Å². The van der Waals surface area contributed by atoms with Gasteiger partial charge in [-0.1, -0.05) is 0 Å². The predicted molar refractivity (Wildman–Crippen MR) is 148 cm³/mol. The van der Waals surface area contributed by atoms with Crippen LogP contribution < -0.4 is 0 Å². The average Bonchev–Trinajstić information content (AvgIpc) is 3.16. The van der Waals surface area contributed by atoms with E-state index in [9.17, 15) is 33.6 Å². The lowest BCUT2D eigenvalue weighted by Gasteiger charge is -2.48. The van der Waals surface area contributed by atoms with Gasteiger partial charge in [0.2, 0.25) is 0 Å². The lowest BCUT2D eigenvalue weighted by atomic mass is 9.95. The number of carbonyl (C=O) groups is 7. The molecule has 10 atom stereocenters. The highest BCUT2D eigenvalue weighted by Gasteiger charge is 2.57. The van der Waals surface area contributed by atoms with Crippen LogP contribution in [0, 0.1) is 0 Å². The van der Waals surface area contributed by atoms with Gasteiger partial charge in [0, 0.05) is 57.9 Å². The molecule has 0 aromatic carbocycles. The van der Waals surface area contributed by atoms with Crippen molar-refractivity contribution in [1.29, 1.82) is 0 Å². The Balaban J connectivity index is 2.84. The van der Waals surface area contributed by atoms with Gasteiger partial charge in [-0.3, -0.25) is 33.6 Å². The zero-order valence-electron chi connectivity index (χ0n) is 30.9. The first kappa shape index (κ1) is 28.2. The van der Waals surface area contributed by atoms with Crippen molar-refractivity contribution in [1.82, 2.24) is 0 Å². The Bertz CT molecular complexity index is 1360. The molecular formula is C27H35NO17S. The highest BCUT2D eigenvalue weighted by atomic mass is 32.1. The van der Waals surface area contributed by atoms with Gasteiger partial charge in [0.25, 0.3) is 0 Å². The fourth-order valence-corrected chi connectivity index (χ4v) is 4.50. The maximum Gasteiger partial charge on any atom is 0.303 e. The highest BCUT2D eigenvalue weighted by Crippen LogP contribution is 2.35. The minimum absolute atomic E-state index is 0.824. The normalized spacial score (nSPS) is 32.3. The molecule has 19 heteroatoms. The molecular weight excluding hydrogens is 642 g/mol. The maximum atomic E-state index is 12.6. The molecule has 2 aliphatic rings. The van der Waals surface area contributed by atoms with Crippen LogP contribution in [-0.2, 0) is 80.9 Å². The topological polar surface area (TPSA) is 224 Å². The van der Waals surface area contributed by atoms with Gasteiger partial charge < -0.3 is 47.4 Å². The van der Waals surface area contributed by atoms with Gasteiger partial charge in [0.1, 0.15) is 31.5 Å². The molecule has 0 radical (unpaired) electrons. The maximum absolute atomic E-state index is 12.6. The Morgan fingerprint density at radius 2 is 1.00 bits per heavy atom. The van der Waals surface area contributed by atoms with Crippen LogP contribution in [0.15, 0.2) is 4.99 Å². The number of esters is 7. The van der Waals surface area contributed by atoms with E-state index in [1.54, 1.807) is 0 Å². The lowest BCUT2D eigenvalue weighted by molar-refractivity contribution is -0.344. The van der Waals surface area contributed by atoms with Crippen LogP contribution in [0.5, 0.6) is 0 Å².